The van der Waals surface area contributed by atoms with Crippen LogP contribution in [0.3, 0.4) is 0 Å². The molecular weight excluding hydrogens is 731 g/mol. The lowest BCUT2D eigenvalue weighted by Gasteiger charge is -2.24. The number of rotatable bonds is 47. The van der Waals surface area contributed by atoms with E-state index in [1.54, 1.807) is 0 Å². The standard InChI is InChI=1S/C53H101NO5/c1-4-7-10-13-16-19-22-25-28-30-33-36-39-42-45-51(56)50(48-55)54-52(57)47-49(44-41-38-35-32-29-26-23-20-17-14-11-8-5-2)59-53(58)46-43-40-37-34-31-27-24-21-18-15-12-9-6-3/h17,20,23,26,49-51,55-56H,4-16,18-19,21-22,24-25,27-48H2,1-3H3,(H,54,57)/b20-17+,26-23+. The molecule has 59 heavy (non-hydrogen) atoms. The van der Waals surface area contributed by atoms with E-state index in [-0.39, 0.29) is 24.9 Å². The van der Waals surface area contributed by atoms with E-state index < -0.39 is 18.2 Å². The molecule has 3 unspecified atom stereocenters. The Labute approximate surface area is 367 Å². The number of nitrogens with one attached hydrogen (secondary N) is 1. The normalized spacial score (nSPS) is 13.4. The molecular formula is C53H101NO5. The molecule has 0 saturated heterocycles. The Bertz CT molecular complexity index is 935. The highest BCUT2D eigenvalue weighted by atomic mass is 16.5. The van der Waals surface area contributed by atoms with Crippen LogP contribution in [0, 0.1) is 0 Å². The molecule has 6 heteroatoms. The van der Waals surface area contributed by atoms with Gasteiger partial charge in [-0.1, -0.05) is 238 Å². The van der Waals surface area contributed by atoms with Crippen LogP contribution in [0.4, 0.5) is 0 Å². The van der Waals surface area contributed by atoms with Crippen LogP contribution in [0.1, 0.15) is 278 Å². The quantitative estimate of drug-likeness (QED) is 0.0322. The van der Waals surface area contributed by atoms with Gasteiger partial charge in [-0.05, 0) is 51.4 Å². The number of ether oxygens (including phenoxy) is 1. The average Bonchev–Trinajstić information content (AvgIpc) is 3.23. The molecule has 0 aliphatic rings. The van der Waals surface area contributed by atoms with Crippen molar-refractivity contribution in [3.8, 4) is 0 Å². The molecule has 0 aliphatic carbocycles. The first-order chi connectivity index (χ1) is 29.0. The summed E-state index contributed by atoms with van der Waals surface area (Å²) in [6.45, 7) is 6.46. The molecule has 1 amide bonds. The molecule has 348 valence electrons. The van der Waals surface area contributed by atoms with Gasteiger partial charge in [-0.2, -0.15) is 0 Å². The van der Waals surface area contributed by atoms with Crippen molar-refractivity contribution in [1.29, 1.82) is 0 Å². The van der Waals surface area contributed by atoms with E-state index in [1.807, 2.05) is 0 Å². The first-order valence-electron chi connectivity index (χ1n) is 26.1. The van der Waals surface area contributed by atoms with E-state index in [0.29, 0.717) is 19.3 Å². The molecule has 0 saturated carbocycles. The summed E-state index contributed by atoms with van der Waals surface area (Å²) in [6.07, 6.45) is 53.7. The van der Waals surface area contributed by atoms with Crippen molar-refractivity contribution in [2.75, 3.05) is 6.61 Å². The molecule has 3 atom stereocenters. The van der Waals surface area contributed by atoms with Gasteiger partial charge in [-0.15, -0.1) is 0 Å². The van der Waals surface area contributed by atoms with Gasteiger partial charge < -0.3 is 20.3 Å². The number of amides is 1. The van der Waals surface area contributed by atoms with Crippen LogP contribution < -0.4 is 5.32 Å². The molecule has 0 bridgehead atoms. The summed E-state index contributed by atoms with van der Waals surface area (Å²) in [6, 6.07) is -0.703. The van der Waals surface area contributed by atoms with Crippen LogP contribution in [0.2, 0.25) is 0 Å². The van der Waals surface area contributed by atoms with E-state index in [0.717, 1.165) is 70.6 Å². The second-order valence-electron chi connectivity index (χ2n) is 18.0. The van der Waals surface area contributed by atoms with Gasteiger partial charge in [0.2, 0.25) is 5.91 Å². The molecule has 0 aromatic rings. The summed E-state index contributed by atoms with van der Waals surface area (Å²) in [5.41, 5.74) is 0. The Kier molecular flexibility index (Phi) is 46.1. The maximum Gasteiger partial charge on any atom is 0.306 e. The Morgan fingerprint density at radius 3 is 1.29 bits per heavy atom. The van der Waals surface area contributed by atoms with Crippen molar-refractivity contribution in [1.82, 2.24) is 5.32 Å². The molecule has 0 aromatic carbocycles. The fourth-order valence-corrected chi connectivity index (χ4v) is 8.07. The molecule has 0 aromatic heterocycles. The molecule has 0 fully saturated rings. The number of hydrogen-bond acceptors (Lipinski definition) is 5. The fourth-order valence-electron chi connectivity index (χ4n) is 8.07. The van der Waals surface area contributed by atoms with Crippen molar-refractivity contribution in [2.24, 2.45) is 0 Å². The molecule has 0 heterocycles. The zero-order valence-corrected chi connectivity index (χ0v) is 39.7. The Balaban J connectivity index is 4.56. The highest BCUT2D eigenvalue weighted by Gasteiger charge is 2.24. The smallest absolute Gasteiger partial charge is 0.306 e. The molecule has 0 spiro atoms. The predicted octanol–water partition coefficient (Wildman–Crippen LogP) is 15.5. The number of aliphatic hydroxyl groups is 2. The van der Waals surface area contributed by atoms with Crippen molar-refractivity contribution >= 4 is 11.9 Å². The van der Waals surface area contributed by atoms with Gasteiger partial charge in [-0.25, -0.2) is 0 Å². The molecule has 0 aliphatic heterocycles. The van der Waals surface area contributed by atoms with Gasteiger partial charge in [0.15, 0.2) is 0 Å². The zero-order valence-electron chi connectivity index (χ0n) is 39.7. The van der Waals surface area contributed by atoms with E-state index >= 15 is 0 Å². The van der Waals surface area contributed by atoms with E-state index in [4.69, 9.17) is 4.74 Å². The Morgan fingerprint density at radius 2 is 0.847 bits per heavy atom. The highest BCUT2D eigenvalue weighted by Crippen LogP contribution is 2.18. The molecule has 3 N–H and O–H groups in total. The Hall–Kier alpha value is -1.66. The van der Waals surface area contributed by atoms with Crippen LogP contribution in [0.5, 0.6) is 0 Å². The lowest BCUT2D eigenvalue weighted by molar-refractivity contribution is -0.151. The first kappa shape index (κ1) is 57.3. The number of aliphatic hydroxyl groups excluding tert-OH is 2. The maximum absolute atomic E-state index is 13.2. The summed E-state index contributed by atoms with van der Waals surface area (Å²) in [5.74, 6) is -0.481. The van der Waals surface area contributed by atoms with Gasteiger partial charge in [0.1, 0.15) is 6.10 Å². The number of unbranched alkanes of at least 4 members (excludes halogenated alkanes) is 32. The average molecular weight is 832 g/mol. The fraction of sp³-hybridized carbons (Fsp3) is 0.887. The molecule has 6 nitrogen and oxygen atoms in total. The largest absolute Gasteiger partial charge is 0.462 e. The topological polar surface area (TPSA) is 95.9 Å². The third-order valence-electron chi connectivity index (χ3n) is 12.1. The number of hydrogen-bond donors (Lipinski definition) is 3. The summed E-state index contributed by atoms with van der Waals surface area (Å²) in [4.78, 5) is 26.1. The minimum absolute atomic E-state index is 0.0692. The molecule has 0 rings (SSSR count). The summed E-state index contributed by atoms with van der Waals surface area (Å²) in [7, 11) is 0. The third kappa shape index (κ3) is 42.8. The third-order valence-corrected chi connectivity index (χ3v) is 12.1. The predicted molar refractivity (Wildman–Crippen MR) is 255 cm³/mol. The number of allylic oxidation sites excluding steroid dienone is 4. The first-order valence-corrected chi connectivity index (χ1v) is 26.1. The van der Waals surface area contributed by atoms with Crippen molar-refractivity contribution in [3.05, 3.63) is 24.3 Å². The lowest BCUT2D eigenvalue weighted by Crippen LogP contribution is -2.46. The Morgan fingerprint density at radius 1 is 0.492 bits per heavy atom. The van der Waals surface area contributed by atoms with E-state index in [9.17, 15) is 19.8 Å². The lowest BCUT2D eigenvalue weighted by atomic mass is 10.0. The monoisotopic (exact) mass is 832 g/mol. The number of esters is 1. The van der Waals surface area contributed by atoms with Crippen molar-refractivity contribution in [3.63, 3.8) is 0 Å². The highest BCUT2D eigenvalue weighted by molar-refractivity contribution is 5.77. The van der Waals surface area contributed by atoms with Crippen LogP contribution in [0.15, 0.2) is 24.3 Å². The molecule has 0 radical (unpaired) electrons. The van der Waals surface area contributed by atoms with Gasteiger partial charge in [0, 0.05) is 6.42 Å². The minimum Gasteiger partial charge on any atom is -0.462 e. The van der Waals surface area contributed by atoms with Gasteiger partial charge in [0.05, 0.1) is 25.2 Å². The number of carbonyl (C=O) groups is 2. The number of carbonyl (C=O) groups excluding carboxylic acids is 2. The second-order valence-corrected chi connectivity index (χ2v) is 18.0. The van der Waals surface area contributed by atoms with Crippen LogP contribution in [-0.4, -0.2) is 46.9 Å². The van der Waals surface area contributed by atoms with Gasteiger partial charge >= 0.3 is 5.97 Å². The van der Waals surface area contributed by atoms with Crippen molar-refractivity contribution < 1.29 is 24.5 Å². The van der Waals surface area contributed by atoms with Crippen molar-refractivity contribution in [2.45, 2.75) is 296 Å². The zero-order chi connectivity index (χ0) is 43.1. The summed E-state index contributed by atoms with van der Waals surface area (Å²) >= 11 is 0. The van der Waals surface area contributed by atoms with Crippen LogP contribution >= 0.6 is 0 Å². The van der Waals surface area contributed by atoms with Gasteiger partial charge in [0.25, 0.3) is 0 Å². The van der Waals surface area contributed by atoms with E-state index in [1.165, 1.54) is 161 Å². The van der Waals surface area contributed by atoms with E-state index in [2.05, 4.69) is 50.4 Å². The second kappa shape index (κ2) is 47.4. The summed E-state index contributed by atoms with van der Waals surface area (Å²) < 4.78 is 5.92. The van der Waals surface area contributed by atoms with Crippen LogP contribution in [-0.2, 0) is 14.3 Å². The SMILES string of the molecule is CCCCC/C=C/C=C/CCCCCCC(CC(=O)NC(CO)C(O)CCCCCCCCCCCCCCCC)OC(=O)CCCCCCCCCCCCCCC. The minimum atomic E-state index is -0.788. The maximum atomic E-state index is 13.2. The van der Waals surface area contributed by atoms with Gasteiger partial charge in [-0.3, -0.25) is 9.59 Å². The summed E-state index contributed by atoms with van der Waals surface area (Å²) in [5, 5.41) is 23.8. The van der Waals surface area contributed by atoms with Crippen LogP contribution in [0.25, 0.3) is 0 Å².